The zero-order chi connectivity index (χ0) is 15.4. The van der Waals surface area contributed by atoms with Crippen LogP contribution in [0.1, 0.15) is 30.9 Å². The van der Waals surface area contributed by atoms with Crippen LogP contribution < -0.4 is 5.32 Å². The van der Waals surface area contributed by atoms with Crippen LogP contribution in [0, 0.1) is 0 Å². The Balaban J connectivity index is 2.77. The molecule has 0 aromatic carbocycles. The van der Waals surface area contributed by atoms with Gasteiger partial charge in [-0.05, 0) is 13.0 Å². The molecule has 0 amide bonds. The maximum Gasteiger partial charge on any atom is 0.407 e. The highest BCUT2D eigenvalue weighted by Crippen LogP contribution is 2.46. The van der Waals surface area contributed by atoms with E-state index in [-0.39, 0.29) is 12.3 Å². The predicted octanol–water partition coefficient (Wildman–Crippen LogP) is 3.42. The van der Waals surface area contributed by atoms with Gasteiger partial charge in [0.05, 0.1) is 6.20 Å². The van der Waals surface area contributed by atoms with Crippen LogP contribution in [0.3, 0.4) is 0 Å². The van der Waals surface area contributed by atoms with Crippen LogP contribution in [0.4, 0.5) is 26.3 Å². The lowest BCUT2D eigenvalue weighted by Gasteiger charge is -2.20. The van der Waals surface area contributed by atoms with E-state index in [9.17, 15) is 26.3 Å². The minimum atomic E-state index is -5.46. The minimum absolute atomic E-state index is 0.127. The van der Waals surface area contributed by atoms with Gasteiger partial charge in [0.1, 0.15) is 5.76 Å². The minimum Gasteiger partial charge on any atom is -0.445 e. The van der Waals surface area contributed by atoms with Crippen LogP contribution in [0.2, 0.25) is 0 Å². The molecule has 0 atom stereocenters. The van der Waals surface area contributed by atoms with Crippen molar-refractivity contribution in [3.8, 4) is 0 Å². The lowest BCUT2D eigenvalue weighted by molar-refractivity contribution is -0.257. The Kier molecular flexibility index (Phi) is 5.43. The van der Waals surface area contributed by atoms with E-state index in [1.54, 1.807) is 0 Å². The van der Waals surface area contributed by atoms with Crippen LogP contribution in [0.15, 0.2) is 10.6 Å². The maximum absolute atomic E-state index is 12.4. The summed E-state index contributed by atoms with van der Waals surface area (Å²) in [6.07, 6.45) is -9.45. The van der Waals surface area contributed by atoms with Crippen molar-refractivity contribution < 1.29 is 30.8 Å². The van der Waals surface area contributed by atoms with Crippen LogP contribution >= 0.6 is 0 Å². The molecule has 1 N–H and O–H groups in total. The number of aromatic nitrogens is 1. The Morgan fingerprint density at radius 3 is 2.25 bits per heavy atom. The lowest BCUT2D eigenvalue weighted by Crippen LogP contribution is -2.33. The molecule has 1 heterocycles. The van der Waals surface area contributed by atoms with Crippen molar-refractivity contribution in [1.29, 1.82) is 0 Å². The monoisotopic (exact) mass is 304 g/mol. The quantitative estimate of drug-likeness (QED) is 0.646. The summed E-state index contributed by atoms with van der Waals surface area (Å²) in [5.41, 5.74) is 0. The number of rotatable bonds is 6. The second kappa shape index (κ2) is 6.47. The zero-order valence-electron chi connectivity index (χ0n) is 10.6. The molecule has 9 heteroatoms. The van der Waals surface area contributed by atoms with Gasteiger partial charge in [0.2, 0.25) is 5.92 Å². The summed E-state index contributed by atoms with van der Waals surface area (Å²) in [5.74, 6) is -5.02. The standard InChI is InChI=1S/C11H14F6N2O/c1-2-4-18-5-3-8-19-6-7(20-8)9(10(12,13)14)11(15,16)17/h6,9,18H,2-5H2,1H3. The van der Waals surface area contributed by atoms with Crippen molar-refractivity contribution in [3.63, 3.8) is 0 Å². The van der Waals surface area contributed by atoms with E-state index in [1.807, 2.05) is 6.92 Å². The molecule has 3 nitrogen and oxygen atoms in total. The first kappa shape index (κ1) is 16.8. The second-order valence-corrected chi connectivity index (χ2v) is 4.17. The second-order valence-electron chi connectivity index (χ2n) is 4.17. The van der Waals surface area contributed by atoms with Gasteiger partial charge >= 0.3 is 12.4 Å². The van der Waals surface area contributed by atoms with E-state index in [0.29, 0.717) is 19.3 Å². The predicted molar refractivity (Wildman–Crippen MR) is 58.2 cm³/mol. The number of hydrogen-bond acceptors (Lipinski definition) is 3. The molecular weight excluding hydrogens is 290 g/mol. The molecule has 0 radical (unpaired) electrons. The molecule has 0 aliphatic rings. The first-order chi connectivity index (χ1) is 9.16. The van der Waals surface area contributed by atoms with Gasteiger partial charge in [0, 0.05) is 13.0 Å². The van der Waals surface area contributed by atoms with Gasteiger partial charge in [-0.1, -0.05) is 6.92 Å². The van der Waals surface area contributed by atoms with E-state index in [0.717, 1.165) is 6.42 Å². The van der Waals surface area contributed by atoms with Crippen molar-refractivity contribution in [2.24, 2.45) is 0 Å². The molecule has 0 aliphatic heterocycles. The Morgan fingerprint density at radius 1 is 1.15 bits per heavy atom. The number of nitrogens with one attached hydrogen (secondary N) is 1. The van der Waals surface area contributed by atoms with E-state index in [4.69, 9.17) is 0 Å². The largest absolute Gasteiger partial charge is 0.445 e. The Morgan fingerprint density at radius 2 is 1.75 bits per heavy atom. The van der Waals surface area contributed by atoms with Gasteiger partial charge in [-0.25, -0.2) is 4.98 Å². The molecule has 0 bridgehead atoms. The van der Waals surface area contributed by atoms with Gasteiger partial charge < -0.3 is 9.73 Å². The normalized spacial score (nSPS) is 13.2. The maximum atomic E-state index is 12.4. The summed E-state index contributed by atoms with van der Waals surface area (Å²) in [4.78, 5) is 3.46. The highest BCUT2D eigenvalue weighted by atomic mass is 19.4. The van der Waals surface area contributed by atoms with Crippen molar-refractivity contribution in [1.82, 2.24) is 10.3 Å². The number of alkyl halides is 6. The molecule has 0 saturated carbocycles. The molecule has 20 heavy (non-hydrogen) atoms. The molecular formula is C11H14F6N2O. The number of halogens is 6. The summed E-state index contributed by atoms with van der Waals surface area (Å²) >= 11 is 0. The first-order valence-electron chi connectivity index (χ1n) is 5.95. The van der Waals surface area contributed by atoms with Crippen molar-refractivity contribution in [2.75, 3.05) is 13.1 Å². The van der Waals surface area contributed by atoms with Gasteiger partial charge in [-0.15, -0.1) is 0 Å². The summed E-state index contributed by atoms with van der Waals surface area (Å²) in [6, 6.07) is 0. The molecule has 1 rings (SSSR count). The molecule has 0 aliphatic carbocycles. The summed E-state index contributed by atoms with van der Waals surface area (Å²) < 4.78 is 79.2. The lowest BCUT2D eigenvalue weighted by atomic mass is 10.1. The van der Waals surface area contributed by atoms with Gasteiger partial charge in [0.15, 0.2) is 5.89 Å². The van der Waals surface area contributed by atoms with Crippen molar-refractivity contribution in [2.45, 2.75) is 38.0 Å². The average molecular weight is 304 g/mol. The average Bonchev–Trinajstić information content (AvgIpc) is 2.68. The summed E-state index contributed by atoms with van der Waals surface area (Å²) in [5, 5.41) is 2.94. The molecule has 0 unspecified atom stereocenters. The SMILES string of the molecule is CCCNCCc1ncc(C(C(F)(F)F)C(F)(F)F)o1. The number of oxazole rings is 1. The fourth-order valence-corrected chi connectivity index (χ4v) is 1.58. The summed E-state index contributed by atoms with van der Waals surface area (Å²) in [6.45, 7) is 2.99. The fourth-order valence-electron chi connectivity index (χ4n) is 1.58. The third-order valence-corrected chi connectivity index (χ3v) is 2.45. The Bertz CT molecular complexity index is 398. The third-order valence-electron chi connectivity index (χ3n) is 2.45. The van der Waals surface area contributed by atoms with Crippen molar-refractivity contribution in [3.05, 3.63) is 17.8 Å². The first-order valence-corrected chi connectivity index (χ1v) is 5.95. The van der Waals surface area contributed by atoms with Gasteiger partial charge in [-0.2, -0.15) is 26.3 Å². The topological polar surface area (TPSA) is 38.1 Å². The van der Waals surface area contributed by atoms with Gasteiger partial charge in [0.25, 0.3) is 0 Å². The van der Waals surface area contributed by atoms with E-state index in [1.165, 1.54) is 0 Å². The fraction of sp³-hybridized carbons (Fsp3) is 0.727. The molecule has 1 aromatic heterocycles. The number of nitrogens with zero attached hydrogens (tertiary/aromatic N) is 1. The van der Waals surface area contributed by atoms with Crippen LogP contribution in [0.25, 0.3) is 0 Å². The van der Waals surface area contributed by atoms with Crippen LogP contribution in [0.5, 0.6) is 0 Å². The summed E-state index contributed by atoms with van der Waals surface area (Å²) in [7, 11) is 0. The van der Waals surface area contributed by atoms with Gasteiger partial charge in [-0.3, -0.25) is 0 Å². The smallest absolute Gasteiger partial charge is 0.407 e. The highest BCUT2D eigenvalue weighted by Gasteiger charge is 2.59. The third kappa shape index (κ3) is 4.69. The molecule has 0 fully saturated rings. The van der Waals surface area contributed by atoms with E-state index in [2.05, 4.69) is 14.7 Å². The molecule has 116 valence electrons. The van der Waals surface area contributed by atoms with Crippen molar-refractivity contribution >= 4 is 0 Å². The zero-order valence-corrected chi connectivity index (χ0v) is 10.6. The van der Waals surface area contributed by atoms with E-state index >= 15 is 0 Å². The van der Waals surface area contributed by atoms with E-state index < -0.39 is 24.0 Å². The highest BCUT2D eigenvalue weighted by molar-refractivity contribution is 5.08. The van der Waals surface area contributed by atoms with Crippen LogP contribution in [-0.4, -0.2) is 30.4 Å². The Labute approximate surface area is 111 Å². The van der Waals surface area contributed by atoms with Crippen LogP contribution in [-0.2, 0) is 6.42 Å². The molecule has 0 spiro atoms. The molecule has 0 saturated heterocycles. The Hall–Kier alpha value is -1.25. The molecule has 1 aromatic rings. The number of hydrogen-bond donors (Lipinski definition) is 1.